The van der Waals surface area contributed by atoms with Crippen molar-refractivity contribution < 1.29 is 4.39 Å². The van der Waals surface area contributed by atoms with Crippen molar-refractivity contribution in [1.29, 1.82) is 0 Å². The van der Waals surface area contributed by atoms with Gasteiger partial charge in [0, 0.05) is 0 Å². The van der Waals surface area contributed by atoms with Crippen LogP contribution in [0.3, 0.4) is 0 Å². The number of nitrogens with zero attached hydrogens (tertiary/aromatic N) is 1. The summed E-state index contributed by atoms with van der Waals surface area (Å²) in [6.07, 6.45) is 2.41. The van der Waals surface area contributed by atoms with Crippen LogP contribution in [0.5, 0.6) is 0 Å². The Labute approximate surface area is 104 Å². The van der Waals surface area contributed by atoms with Gasteiger partial charge in [-0.25, -0.2) is 4.39 Å². The van der Waals surface area contributed by atoms with Gasteiger partial charge in [-0.15, -0.1) is 0 Å². The van der Waals surface area contributed by atoms with E-state index in [-0.39, 0.29) is 5.82 Å². The molecule has 2 rings (SSSR count). The first kappa shape index (κ1) is 11.3. The van der Waals surface area contributed by atoms with Crippen molar-refractivity contribution in [1.82, 2.24) is 4.90 Å². The molecule has 1 nitrogen and oxygen atoms in total. The molecule has 0 aromatic heterocycles. The topological polar surface area (TPSA) is 3.24 Å². The molecule has 1 saturated heterocycles. The maximum Gasteiger partial charge on any atom is 0.123 e. The number of hydrogen-bond acceptors (Lipinski definition) is 1. The average Bonchev–Trinajstić information content (AvgIpc) is 2.30. The summed E-state index contributed by atoms with van der Waals surface area (Å²) in [5.74, 6) is 0.494. The van der Waals surface area contributed by atoms with Crippen LogP contribution in [0.25, 0.3) is 0 Å². The summed E-state index contributed by atoms with van der Waals surface area (Å²) in [7, 11) is 0. The van der Waals surface area contributed by atoms with Crippen molar-refractivity contribution in [3.05, 3.63) is 35.6 Å². The maximum absolute atomic E-state index is 12.8. The van der Waals surface area contributed by atoms with Crippen LogP contribution >= 0.6 is 22.6 Å². The van der Waals surface area contributed by atoms with E-state index in [1.807, 2.05) is 12.1 Å². The van der Waals surface area contributed by atoms with Crippen LogP contribution < -0.4 is 0 Å². The van der Waals surface area contributed by atoms with Crippen molar-refractivity contribution in [3.8, 4) is 0 Å². The lowest BCUT2D eigenvalue weighted by Crippen LogP contribution is -2.31. The number of alkyl halides is 1. The SMILES string of the molecule is Fc1ccc(C2CCN(CI)CC2)cc1. The van der Waals surface area contributed by atoms with E-state index in [9.17, 15) is 4.39 Å². The minimum absolute atomic E-state index is 0.136. The number of hydrogen-bond donors (Lipinski definition) is 0. The van der Waals surface area contributed by atoms with Gasteiger partial charge >= 0.3 is 0 Å². The van der Waals surface area contributed by atoms with E-state index in [1.54, 1.807) is 12.1 Å². The summed E-state index contributed by atoms with van der Waals surface area (Å²) in [4.78, 5) is 2.46. The van der Waals surface area contributed by atoms with Gasteiger partial charge in [0.2, 0.25) is 0 Å². The zero-order chi connectivity index (χ0) is 10.7. The number of likely N-dealkylation sites (tertiary alicyclic amines) is 1. The molecule has 1 aromatic carbocycles. The number of halogens is 2. The molecule has 0 amide bonds. The Balaban J connectivity index is 1.98. The van der Waals surface area contributed by atoms with Gasteiger partial charge in [0.25, 0.3) is 0 Å². The van der Waals surface area contributed by atoms with Crippen LogP contribution in [0.15, 0.2) is 24.3 Å². The van der Waals surface area contributed by atoms with E-state index < -0.39 is 0 Å². The first-order chi connectivity index (χ1) is 7.29. The molecule has 0 atom stereocenters. The molecular formula is C12H15FIN. The lowest BCUT2D eigenvalue weighted by molar-refractivity contribution is 0.250. The highest BCUT2D eigenvalue weighted by molar-refractivity contribution is 14.1. The Hall–Kier alpha value is -0.160. The van der Waals surface area contributed by atoms with Gasteiger partial charge < -0.3 is 0 Å². The Morgan fingerprint density at radius 1 is 1.20 bits per heavy atom. The van der Waals surface area contributed by atoms with Gasteiger partial charge in [-0.05, 0) is 49.5 Å². The minimum Gasteiger partial charge on any atom is -0.294 e. The summed E-state index contributed by atoms with van der Waals surface area (Å²) in [6, 6.07) is 7.00. The van der Waals surface area contributed by atoms with E-state index in [4.69, 9.17) is 0 Å². The fraction of sp³-hybridized carbons (Fsp3) is 0.500. The average molecular weight is 319 g/mol. The molecule has 0 aliphatic carbocycles. The zero-order valence-corrected chi connectivity index (χ0v) is 10.8. The zero-order valence-electron chi connectivity index (χ0n) is 8.63. The van der Waals surface area contributed by atoms with Crippen LogP contribution in [0, 0.1) is 5.82 Å². The number of rotatable bonds is 2. The Bertz CT molecular complexity index is 304. The highest BCUT2D eigenvalue weighted by Gasteiger charge is 2.19. The largest absolute Gasteiger partial charge is 0.294 e. The van der Waals surface area contributed by atoms with Crippen molar-refractivity contribution in [2.45, 2.75) is 18.8 Å². The molecule has 0 spiro atoms. The third kappa shape index (κ3) is 2.91. The highest BCUT2D eigenvalue weighted by Crippen LogP contribution is 2.28. The molecule has 0 N–H and O–H groups in total. The van der Waals surface area contributed by atoms with E-state index in [2.05, 4.69) is 27.5 Å². The second-order valence-electron chi connectivity index (χ2n) is 4.06. The van der Waals surface area contributed by atoms with Crippen LogP contribution in [-0.2, 0) is 0 Å². The van der Waals surface area contributed by atoms with Crippen molar-refractivity contribution >= 4 is 22.6 Å². The maximum atomic E-state index is 12.8. The van der Waals surface area contributed by atoms with Gasteiger partial charge in [-0.2, -0.15) is 0 Å². The fourth-order valence-corrected chi connectivity index (χ4v) is 2.80. The quantitative estimate of drug-likeness (QED) is 0.459. The first-order valence-corrected chi connectivity index (χ1v) is 6.86. The predicted molar refractivity (Wildman–Crippen MR) is 68.8 cm³/mol. The summed E-state index contributed by atoms with van der Waals surface area (Å²) in [5.41, 5.74) is 1.30. The molecule has 82 valence electrons. The molecule has 1 aliphatic heterocycles. The van der Waals surface area contributed by atoms with Gasteiger partial charge in [0.05, 0.1) is 4.55 Å². The molecule has 15 heavy (non-hydrogen) atoms. The second kappa shape index (κ2) is 5.25. The van der Waals surface area contributed by atoms with Crippen LogP contribution in [-0.4, -0.2) is 22.5 Å². The van der Waals surface area contributed by atoms with E-state index >= 15 is 0 Å². The smallest absolute Gasteiger partial charge is 0.123 e. The molecule has 1 aliphatic rings. The standard InChI is InChI=1S/C12H15FIN/c13-12-3-1-10(2-4-12)11-5-7-15(9-14)8-6-11/h1-4,11H,5-9H2. The van der Waals surface area contributed by atoms with E-state index in [0.717, 1.165) is 4.55 Å². The molecule has 1 heterocycles. The van der Waals surface area contributed by atoms with Crippen LogP contribution in [0.2, 0.25) is 0 Å². The lowest BCUT2D eigenvalue weighted by Gasteiger charge is -2.30. The molecule has 0 unspecified atom stereocenters. The molecule has 0 saturated carbocycles. The molecular weight excluding hydrogens is 304 g/mol. The monoisotopic (exact) mass is 319 g/mol. The van der Waals surface area contributed by atoms with Gasteiger partial charge in [0.15, 0.2) is 0 Å². The number of piperidine rings is 1. The minimum atomic E-state index is -0.136. The summed E-state index contributed by atoms with van der Waals surface area (Å²) in [6.45, 7) is 2.34. The summed E-state index contributed by atoms with van der Waals surface area (Å²) >= 11 is 2.41. The van der Waals surface area contributed by atoms with Gasteiger partial charge in [-0.1, -0.05) is 34.7 Å². The molecule has 1 aromatic rings. The number of benzene rings is 1. The van der Waals surface area contributed by atoms with E-state index in [1.165, 1.54) is 31.5 Å². The molecule has 1 fully saturated rings. The lowest BCUT2D eigenvalue weighted by atomic mass is 9.90. The normalized spacial score (nSPS) is 19.3. The Morgan fingerprint density at radius 3 is 2.33 bits per heavy atom. The molecule has 0 radical (unpaired) electrons. The van der Waals surface area contributed by atoms with Crippen molar-refractivity contribution in [2.75, 3.05) is 17.6 Å². The Kier molecular flexibility index (Phi) is 3.97. The molecule has 3 heteroatoms. The summed E-state index contributed by atoms with van der Waals surface area (Å²) < 4.78 is 13.9. The fourth-order valence-electron chi connectivity index (χ4n) is 2.12. The van der Waals surface area contributed by atoms with Crippen LogP contribution in [0.4, 0.5) is 4.39 Å². The first-order valence-electron chi connectivity index (χ1n) is 5.33. The Morgan fingerprint density at radius 2 is 1.80 bits per heavy atom. The van der Waals surface area contributed by atoms with Crippen molar-refractivity contribution in [3.63, 3.8) is 0 Å². The van der Waals surface area contributed by atoms with Gasteiger partial charge in [-0.3, -0.25) is 4.90 Å². The second-order valence-corrected chi connectivity index (χ2v) is 4.75. The third-order valence-electron chi connectivity index (χ3n) is 3.10. The molecule has 0 bridgehead atoms. The highest BCUT2D eigenvalue weighted by atomic mass is 127. The van der Waals surface area contributed by atoms with Gasteiger partial charge in [0.1, 0.15) is 5.82 Å². The van der Waals surface area contributed by atoms with E-state index in [0.29, 0.717) is 5.92 Å². The van der Waals surface area contributed by atoms with Crippen LogP contribution in [0.1, 0.15) is 24.3 Å². The summed E-state index contributed by atoms with van der Waals surface area (Å²) in [5, 5.41) is 0. The third-order valence-corrected chi connectivity index (χ3v) is 4.06. The van der Waals surface area contributed by atoms with Crippen molar-refractivity contribution in [2.24, 2.45) is 0 Å². The predicted octanol–water partition coefficient (Wildman–Crippen LogP) is 3.40.